The molecule has 1 unspecified atom stereocenters. The predicted octanol–water partition coefficient (Wildman–Crippen LogP) is 2.66. The molecule has 1 aliphatic heterocycles. The van der Waals surface area contributed by atoms with Gasteiger partial charge in [0.2, 0.25) is 11.8 Å². The lowest BCUT2D eigenvalue weighted by molar-refractivity contribution is -0.129. The number of likely N-dealkylation sites (tertiary alicyclic amines) is 1. The molecule has 1 aromatic heterocycles. The van der Waals surface area contributed by atoms with Crippen LogP contribution < -0.4 is 5.32 Å². The Hall–Kier alpha value is -2.63. The molecule has 2 fully saturated rings. The Morgan fingerprint density at radius 2 is 1.96 bits per heavy atom. The number of anilines is 1. The molecular weight excluding hydrogens is 328 g/mol. The Balaban J connectivity index is 1.33. The number of hydrogen-bond acceptors (Lipinski definition) is 3. The summed E-state index contributed by atoms with van der Waals surface area (Å²) in [6.45, 7) is 1.27. The lowest BCUT2D eigenvalue weighted by Crippen LogP contribution is -2.35. The standard InChI is InChI=1S/C20H24N4O2/c25-19-12-16(14-24(19)18-4-1-2-5-18)20(26)22-17-8-6-15(7-9-17)13-23-11-3-10-21-23/h3,6-11,16,18H,1-2,4-5,12-14H2,(H,22,26). The molecule has 1 saturated carbocycles. The molecule has 2 heterocycles. The summed E-state index contributed by atoms with van der Waals surface area (Å²) in [4.78, 5) is 26.8. The van der Waals surface area contributed by atoms with Crippen LogP contribution in [0.2, 0.25) is 0 Å². The summed E-state index contributed by atoms with van der Waals surface area (Å²) in [6.07, 6.45) is 8.55. The SMILES string of the molecule is O=C(Nc1ccc(Cn2cccn2)cc1)C1CC(=O)N(C2CCCC2)C1. The largest absolute Gasteiger partial charge is 0.339 e. The number of hydrogen-bond donors (Lipinski definition) is 1. The Labute approximate surface area is 153 Å². The van der Waals surface area contributed by atoms with Crippen LogP contribution in [-0.2, 0) is 16.1 Å². The number of carbonyl (C=O) groups is 2. The minimum Gasteiger partial charge on any atom is -0.339 e. The minimum atomic E-state index is -0.244. The maximum Gasteiger partial charge on any atom is 0.229 e. The highest BCUT2D eigenvalue weighted by Crippen LogP contribution is 2.30. The molecule has 0 radical (unpaired) electrons. The maximum absolute atomic E-state index is 12.6. The number of nitrogens with one attached hydrogen (secondary N) is 1. The van der Waals surface area contributed by atoms with E-state index in [1.807, 2.05) is 46.1 Å². The zero-order valence-corrected chi connectivity index (χ0v) is 14.8. The third-order valence-corrected chi connectivity index (χ3v) is 5.42. The van der Waals surface area contributed by atoms with E-state index in [1.165, 1.54) is 12.8 Å². The van der Waals surface area contributed by atoms with E-state index in [9.17, 15) is 9.59 Å². The van der Waals surface area contributed by atoms with Crippen molar-refractivity contribution in [1.82, 2.24) is 14.7 Å². The fraction of sp³-hybridized carbons (Fsp3) is 0.450. The molecule has 1 aliphatic carbocycles. The van der Waals surface area contributed by atoms with Gasteiger partial charge in [-0.1, -0.05) is 25.0 Å². The first-order valence-electron chi connectivity index (χ1n) is 9.36. The Morgan fingerprint density at radius 1 is 1.19 bits per heavy atom. The Bertz CT molecular complexity index is 764. The van der Waals surface area contributed by atoms with E-state index in [-0.39, 0.29) is 17.7 Å². The topological polar surface area (TPSA) is 67.2 Å². The Kier molecular flexibility index (Phi) is 4.73. The van der Waals surface area contributed by atoms with Gasteiger partial charge < -0.3 is 10.2 Å². The van der Waals surface area contributed by atoms with Crippen LogP contribution in [0.5, 0.6) is 0 Å². The van der Waals surface area contributed by atoms with E-state index in [0.29, 0.717) is 25.6 Å². The van der Waals surface area contributed by atoms with E-state index >= 15 is 0 Å². The van der Waals surface area contributed by atoms with E-state index in [0.717, 1.165) is 24.1 Å². The van der Waals surface area contributed by atoms with E-state index < -0.39 is 0 Å². The van der Waals surface area contributed by atoms with Gasteiger partial charge in [-0.05, 0) is 36.6 Å². The summed E-state index contributed by atoms with van der Waals surface area (Å²) in [6, 6.07) is 10.0. The molecule has 0 spiro atoms. The normalized spacial score (nSPS) is 20.7. The number of amides is 2. The molecular formula is C20H24N4O2. The van der Waals surface area contributed by atoms with Crippen molar-refractivity contribution in [1.29, 1.82) is 0 Å². The van der Waals surface area contributed by atoms with Crippen molar-refractivity contribution in [3.8, 4) is 0 Å². The summed E-state index contributed by atoms with van der Waals surface area (Å²) >= 11 is 0. The Morgan fingerprint density at radius 3 is 2.65 bits per heavy atom. The monoisotopic (exact) mass is 352 g/mol. The van der Waals surface area contributed by atoms with Gasteiger partial charge in [0.1, 0.15) is 0 Å². The fourth-order valence-corrected chi connectivity index (χ4v) is 3.99. The predicted molar refractivity (Wildman–Crippen MR) is 98.5 cm³/mol. The number of nitrogens with zero attached hydrogens (tertiary/aromatic N) is 3. The molecule has 1 N–H and O–H groups in total. The molecule has 0 bridgehead atoms. The molecule has 136 valence electrons. The molecule has 2 aromatic rings. The number of carbonyl (C=O) groups excluding carboxylic acids is 2. The van der Waals surface area contributed by atoms with Gasteiger partial charge >= 0.3 is 0 Å². The highest BCUT2D eigenvalue weighted by Gasteiger charge is 2.38. The molecule has 1 atom stereocenters. The van der Waals surface area contributed by atoms with Crippen molar-refractivity contribution in [2.24, 2.45) is 5.92 Å². The fourth-order valence-electron chi connectivity index (χ4n) is 3.99. The highest BCUT2D eigenvalue weighted by molar-refractivity contribution is 5.97. The van der Waals surface area contributed by atoms with Crippen LogP contribution in [0.3, 0.4) is 0 Å². The third kappa shape index (κ3) is 3.64. The van der Waals surface area contributed by atoms with Gasteiger partial charge in [-0.25, -0.2) is 0 Å². The lowest BCUT2D eigenvalue weighted by atomic mass is 10.1. The molecule has 1 aromatic carbocycles. The van der Waals surface area contributed by atoms with E-state index in [1.54, 1.807) is 6.20 Å². The zero-order chi connectivity index (χ0) is 17.9. The maximum atomic E-state index is 12.6. The quantitative estimate of drug-likeness (QED) is 0.900. The van der Waals surface area contributed by atoms with Crippen molar-refractivity contribution in [3.63, 3.8) is 0 Å². The second-order valence-electron chi connectivity index (χ2n) is 7.28. The smallest absolute Gasteiger partial charge is 0.229 e. The van der Waals surface area contributed by atoms with Crippen molar-refractivity contribution < 1.29 is 9.59 Å². The van der Waals surface area contributed by atoms with Gasteiger partial charge in [0.15, 0.2) is 0 Å². The first kappa shape index (κ1) is 16.8. The van der Waals surface area contributed by atoms with E-state index in [4.69, 9.17) is 0 Å². The highest BCUT2D eigenvalue weighted by atomic mass is 16.2. The summed E-state index contributed by atoms with van der Waals surface area (Å²) in [7, 11) is 0. The van der Waals surface area contributed by atoms with Crippen LogP contribution in [0.15, 0.2) is 42.7 Å². The van der Waals surface area contributed by atoms with Crippen LogP contribution in [0, 0.1) is 5.92 Å². The van der Waals surface area contributed by atoms with E-state index in [2.05, 4.69) is 10.4 Å². The van der Waals surface area contributed by atoms with Crippen LogP contribution in [0.1, 0.15) is 37.7 Å². The van der Waals surface area contributed by atoms with Gasteiger partial charge in [0.05, 0.1) is 12.5 Å². The average Bonchev–Trinajstić information content (AvgIpc) is 3.38. The van der Waals surface area contributed by atoms with Crippen molar-refractivity contribution >= 4 is 17.5 Å². The van der Waals surface area contributed by atoms with Crippen LogP contribution in [0.25, 0.3) is 0 Å². The summed E-state index contributed by atoms with van der Waals surface area (Å²) < 4.78 is 1.86. The molecule has 6 nitrogen and oxygen atoms in total. The van der Waals surface area contributed by atoms with Gasteiger partial charge in [-0.3, -0.25) is 14.3 Å². The first-order valence-corrected chi connectivity index (χ1v) is 9.36. The summed E-state index contributed by atoms with van der Waals surface area (Å²) in [5, 5.41) is 7.15. The van der Waals surface area contributed by atoms with Gasteiger partial charge in [-0.15, -0.1) is 0 Å². The van der Waals surface area contributed by atoms with Gasteiger partial charge in [0, 0.05) is 37.1 Å². The lowest BCUT2D eigenvalue weighted by Gasteiger charge is -2.23. The zero-order valence-electron chi connectivity index (χ0n) is 14.8. The number of benzene rings is 1. The first-order chi connectivity index (χ1) is 12.7. The molecule has 4 rings (SSSR count). The second-order valence-corrected chi connectivity index (χ2v) is 7.28. The van der Waals surface area contributed by atoms with Crippen molar-refractivity contribution in [3.05, 3.63) is 48.3 Å². The van der Waals surface area contributed by atoms with Crippen molar-refractivity contribution in [2.75, 3.05) is 11.9 Å². The molecule has 2 aliphatic rings. The molecule has 26 heavy (non-hydrogen) atoms. The van der Waals surface area contributed by atoms with Crippen LogP contribution in [0.4, 0.5) is 5.69 Å². The number of rotatable bonds is 5. The summed E-state index contributed by atoms with van der Waals surface area (Å²) in [5.41, 5.74) is 1.89. The molecule has 1 saturated heterocycles. The van der Waals surface area contributed by atoms with Gasteiger partial charge in [0.25, 0.3) is 0 Å². The summed E-state index contributed by atoms with van der Waals surface area (Å²) in [5.74, 6) is -0.169. The van der Waals surface area contributed by atoms with Gasteiger partial charge in [-0.2, -0.15) is 5.10 Å². The van der Waals surface area contributed by atoms with Crippen LogP contribution >= 0.6 is 0 Å². The second kappa shape index (κ2) is 7.32. The van der Waals surface area contributed by atoms with Crippen molar-refractivity contribution in [2.45, 2.75) is 44.7 Å². The third-order valence-electron chi connectivity index (χ3n) is 5.42. The molecule has 2 amide bonds. The molecule has 6 heteroatoms. The van der Waals surface area contributed by atoms with Crippen LogP contribution in [-0.4, -0.2) is 39.1 Å². The average molecular weight is 352 g/mol. The minimum absolute atomic E-state index is 0.0568. The number of aromatic nitrogens is 2.